The van der Waals surface area contributed by atoms with E-state index in [9.17, 15) is 13.2 Å². The molecule has 8 nitrogen and oxygen atoms in total. The van der Waals surface area contributed by atoms with Gasteiger partial charge in [0.05, 0.1) is 25.3 Å². The highest BCUT2D eigenvalue weighted by Gasteiger charge is 2.47. The van der Waals surface area contributed by atoms with Crippen LogP contribution in [-0.4, -0.2) is 64.5 Å². The second kappa shape index (κ2) is 7.15. The summed E-state index contributed by atoms with van der Waals surface area (Å²) in [5.41, 5.74) is 12.7. The van der Waals surface area contributed by atoms with Crippen LogP contribution in [0.1, 0.15) is 18.4 Å². The monoisotopic (exact) mass is 382 g/mol. The summed E-state index contributed by atoms with van der Waals surface area (Å²) < 4.78 is 30.9. The van der Waals surface area contributed by atoms with Crippen molar-refractivity contribution in [1.82, 2.24) is 4.90 Å². The molecule has 0 radical (unpaired) electrons. The standard InChI is InChI=1S/C17H26N4O4S/c1-26(23,24)21-11-17(13-4-2-3-5-15(13)21)6-8-20(9-7-17)16(22)14(19)10-25-12-18/h2-5,14H,6-12,18-19H2,1H3/t14-/m1/s1. The van der Waals surface area contributed by atoms with Crippen molar-refractivity contribution in [2.75, 3.05) is 43.5 Å². The number of ether oxygens (including phenoxy) is 1. The molecule has 1 amide bonds. The lowest BCUT2D eigenvalue weighted by atomic mass is 9.74. The summed E-state index contributed by atoms with van der Waals surface area (Å²) >= 11 is 0. The molecule has 0 saturated carbocycles. The number of para-hydroxylation sites is 1. The Morgan fingerprint density at radius 1 is 1.31 bits per heavy atom. The molecule has 0 unspecified atom stereocenters. The van der Waals surface area contributed by atoms with Gasteiger partial charge in [0.25, 0.3) is 0 Å². The Hall–Kier alpha value is -1.68. The Bertz CT molecular complexity index is 775. The Labute approximate surface area is 154 Å². The van der Waals surface area contributed by atoms with Crippen LogP contribution in [0.3, 0.4) is 0 Å². The SMILES string of the molecule is CS(=O)(=O)N1CC2(CCN(C(=O)[C@H](N)COCN)CC2)c2ccccc21. The number of hydrogen-bond donors (Lipinski definition) is 2. The number of piperidine rings is 1. The number of benzene rings is 1. The number of likely N-dealkylation sites (tertiary alicyclic amines) is 1. The maximum Gasteiger partial charge on any atom is 0.241 e. The Morgan fingerprint density at radius 3 is 2.58 bits per heavy atom. The molecule has 1 spiro atoms. The van der Waals surface area contributed by atoms with Crippen LogP contribution in [0, 0.1) is 0 Å². The van der Waals surface area contributed by atoms with Gasteiger partial charge in [-0.1, -0.05) is 18.2 Å². The van der Waals surface area contributed by atoms with Crippen LogP contribution in [0.15, 0.2) is 24.3 Å². The van der Waals surface area contributed by atoms with Gasteiger partial charge in [-0.25, -0.2) is 8.42 Å². The van der Waals surface area contributed by atoms with Crippen LogP contribution < -0.4 is 15.8 Å². The second-order valence-electron chi connectivity index (χ2n) is 7.04. The van der Waals surface area contributed by atoms with Crippen LogP contribution in [0.25, 0.3) is 0 Å². The number of hydrogen-bond acceptors (Lipinski definition) is 6. The molecule has 0 aromatic heterocycles. The van der Waals surface area contributed by atoms with E-state index in [2.05, 4.69) is 0 Å². The van der Waals surface area contributed by atoms with Gasteiger partial charge in [0.15, 0.2) is 0 Å². The fourth-order valence-electron chi connectivity index (χ4n) is 3.96. The maximum atomic E-state index is 12.5. The van der Waals surface area contributed by atoms with Crippen molar-refractivity contribution in [2.24, 2.45) is 11.5 Å². The first-order valence-corrected chi connectivity index (χ1v) is 10.5. The summed E-state index contributed by atoms with van der Waals surface area (Å²) in [6.07, 6.45) is 2.64. The molecule has 2 heterocycles. The molecule has 9 heteroatoms. The predicted octanol–water partition coefficient (Wildman–Crippen LogP) is -0.413. The lowest BCUT2D eigenvalue weighted by molar-refractivity contribution is -0.135. The third-order valence-corrected chi connectivity index (χ3v) is 6.48. The van der Waals surface area contributed by atoms with E-state index < -0.39 is 16.1 Å². The fourth-order valence-corrected chi connectivity index (χ4v) is 4.96. The average molecular weight is 382 g/mol. The number of sulfonamides is 1. The molecular weight excluding hydrogens is 356 g/mol. The Morgan fingerprint density at radius 2 is 1.96 bits per heavy atom. The molecule has 144 valence electrons. The average Bonchev–Trinajstić information content (AvgIpc) is 2.95. The van der Waals surface area contributed by atoms with Gasteiger partial charge < -0.3 is 21.1 Å². The zero-order valence-corrected chi connectivity index (χ0v) is 15.7. The summed E-state index contributed by atoms with van der Waals surface area (Å²) in [5.74, 6) is -0.153. The first kappa shape index (κ1) is 19.1. The van der Waals surface area contributed by atoms with E-state index >= 15 is 0 Å². The van der Waals surface area contributed by atoms with Gasteiger partial charge in [-0.3, -0.25) is 9.10 Å². The molecule has 1 aromatic carbocycles. The smallest absolute Gasteiger partial charge is 0.241 e. The van der Waals surface area contributed by atoms with Crippen molar-refractivity contribution in [2.45, 2.75) is 24.3 Å². The molecule has 1 atom stereocenters. The van der Waals surface area contributed by atoms with Crippen molar-refractivity contribution < 1.29 is 17.9 Å². The van der Waals surface area contributed by atoms with E-state index in [4.69, 9.17) is 16.2 Å². The molecule has 26 heavy (non-hydrogen) atoms. The minimum atomic E-state index is -3.34. The van der Waals surface area contributed by atoms with E-state index in [-0.39, 0.29) is 24.7 Å². The summed E-state index contributed by atoms with van der Waals surface area (Å²) in [6, 6.07) is 6.91. The first-order valence-electron chi connectivity index (χ1n) is 8.68. The van der Waals surface area contributed by atoms with Crippen molar-refractivity contribution in [3.05, 3.63) is 29.8 Å². The number of nitrogens with two attached hydrogens (primary N) is 2. The second-order valence-corrected chi connectivity index (χ2v) is 8.94. The van der Waals surface area contributed by atoms with E-state index in [1.54, 1.807) is 4.90 Å². The van der Waals surface area contributed by atoms with Gasteiger partial charge in [-0.05, 0) is 24.5 Å². The minimum Gasteiger partial charge on any atom is -0.364 e. The normalized spacial score (nSPS) is 20.3. The lowest BCUT2D eigenvalue weighted by Crippen LogP contribution is -2.52. The molecular formula is C17H26N4O4S. The summed E-state index contributed by atoms with van der Waals surface area (Å²) in [5, 5.41) is 0. The largest absolute Gasteiger partial charge is 0.364 e. The van der Waals surface area contributed by atoms with E-state index in [1.165, 1.54) is 10.6 Å². The van der Waals surface area contributed by atoms with E-state index in [1.807, 2.05) is 24.3 Å². The van der Waals surface area contributed by atoms with Crippen LogP contribution >= 0.6 is 0 Å². The van der Waals surface area contributed by atoms with E-state index in [0.717, 1.165) is 11.3 Å². The first-order chi connectivity index (χ1) is 12.3. The Balaban J connectivity index is 1.76. The van der Waals surface area contributed by atoms with Crippen molar-refractivity contribution in [3.8, 4) is 0 Å². The van der Waals surface area contributed by atoms with Gasteiger partial charge in [-0.15, -0.1) is 0 Å². The van der Waals surface area contributed by atoms with Gasteiger partial charge in [0, 0.05) is 25.0 Å². The topological polar surface area (TPSA) is 119 Å². The zero-order valence-electron chi connectivity index (χ0n) is 14.9. The maximum absolute atomic E-state index is 12.5. The Kier molecular flexibility index (Phi) is 5.25. The number of amides is 1. The molecule has 1 fully saturated rings. The van der Waals surface area contributed by atoms with Crippen molar-refractivity contribution in [3.63, 3.8) is 0 Å². The van der Waals surface area contributed by atoms with Crippen molar-refractivity contribution in [1.29, 1.82) is 0 Å². The number of rotatable bonds is 5. The molecule has 1 saturated heterocycles. The van der Waals surface area contributed by atoms with Crippen LogP contribution in [0.2, 0.25) is 0 Å². The molecule has 2 aliphatic heterocycles. The van der Waals surface area contributed by atoms with Gasteiger partial charge in [-0.2, -0.15) is 0 Å². The van der Waals surface area contributed by atoms with E-state index in [0.29, 0.717) is 32.5 Å². The van der Waals surface area contributed by atoms with Gasteiger partial charge >= 0.3 is 0 Å². The van der Waals surface area contributed by atoms with Gasteiger partial charge in [0.1, 0.15) is 6.04 Å². The summed E-state index contributed by atoms with van der Waals surface area (Å²) in [4.78, 5) is 14.2. The number of carbonyl (C=O) groups excluding carboxylic acids is 1. The molecule has 2 aliphatic rings. The predicted molar refractivity (Wildman–Crippen MR) is 99.1 cm³/mol. The molecule has 1 aromatic rings. The summed E-state index contributed by atoms with van der Waals surface area (Å²) in [7, 11) is -3.34. The number of nitrogens with zero attached hydrogens (tertiary/aromatic N) is 2. The summed E-state index contributed by atoms with van der Waals surface area (Å²) in [6.45, 7) is 1.64. The lowest BCUT2D eigenvalue weighted by Gasteiger charge is -2.40. The molecule has 0 bridgehead atoms. The number of anilines is 1. The zero-order chi connectivity index (χ0) is 18.9. The number of carbonyl (C=O) groups is 1. The fraction of sp³-hybridized carbons (Fsp3) is 0.588. The van der Waals surface area contributed by atoms with Crippen LogP contribution in [0.5, 0.6) is 0 Å². The highest BCUT2D eigenvalue weighted by molar-refractivity contribution is 7.92. The van der Waals surface area contributed by atoms with Crippen LogP contribution in [0.4, 0.5) is 5.69 Å². The molecule has 0 aliphatic carbocycles. The van der Waals surface area contributed by atoms with Gasteiger partial charge in [0.2, 0.25) is 15.9 Å². The van der Waals surface area contributed by atoms with Crippen molar-refractivity contribution >= 4 is 21.6 Å². The third kappa shape index (κ3) is 3.44. The van der Waals surface area contributed by atoms with Crippen LogP contribution in [-0.2, 0) is 25.0 Å². The molecule has 3 rings (SSSR count). The third-order valence-electron chi connectivity index (χ3n) is 5.36. The molecule has 4 N–H and O–H groups in total. The minimum absolute atomic E-state index is 0.0300. The quantitative estimate of drug-likeness (QED) is 0.668. The number of fused-ring (bicyclic) bond motifs is 2. The highest BCUT2D eigenvalue weighted by Crippen LogP contribution is 2.47. The highest BCUT2D eigenvalue weighted by atomic mass is 32.2.